The Bertz CT molecular complexity index is 790. The Balaban J connectivity index is 1.67. The van der Waals surface area contributed by atoms with Gasteiger partial charge in [-0.15, -0.1) is 0 Å². The largest absolute Gasteiger partial charge is 0.423 e. The van der Waals surface area contributed by atoms with Crippen molar-refractivity contribution in [3.63, 3.8) is 0 Å². The smallest absolute Gasteiger partial charge is 0.311 e. The molecule has 0 aromatic carbocycles. The summed E-state index contributed by atoms with van der Waals surface area (Å²) in [5.41, 5.74) is 1.09. The molecule has 0 aromatic rings. The molecule has 0 amide bonds. The first-order valence-corrected chi connectivity index (χ1v) is 10.9. The normalized spacial score (nSPS) is 41.9. The topological polar surface area (TPSA) is 60.4 Å². The predicted octanol–water partition coefficient (Wildman–Crippen LogP) is 4.78. The van der Waals surface area contributed by atoms with Crippen LogP contribution in [0.15, 0.2) is 23.5 Å². The average molecular weight is 385 g/mol. The third-order valence-corrected chi connectivity index (χ3v) is 8.63. The molecule has 152 valence electrons. The van der Waals surface area contributed by atoms with Crippen LogP contribution in [-0.4, -0.2) is 17.5 Å². The van der Waals surface area contributed by atoms with Crippen LogP contribution in [0.25, 0.3) is 0 Å². The van der Waals surface area contributed by atoms with Gasteiger partial charge in [0.05, 0.1) is 0 Å². The van der Waals surface area contributed by atoms with Gasteiger partial charge in [-0.1, -0.05) is 26.3 Å². The fraction of sp³-hybridized carbons (Fsp3) is 0.708. The van der Waals surface area contributed by atoms with Crippen molar-refractivity contribution >= 4 is 17.5 Å². The van der Waals surface area contributed by atoms with Gasteiger partial charge < -0.3 is 4.74 Å². The maximum absolute atomic E-state index is 12.5. The molecule has 4 nitrogen and oxygen atoms in total. The van der Waals surface area contributed by atoms with Crippen molar-refractivity contribution in [1.29, 1.82) is 0 Å². The number of carbonyl (C=O) groups excluding carboxylic acids is 3. The number of fused-ring (bicyclic) bond motifs is 5. The first-order chi connectivity index (χ1) is 13.2. The van der Waals surface area contributed by atoms with Crippen molar-refractivity contribution in [2.45, 2.75) is 72.6 Å². The van der Waals surface area contributed by atoms with Crippen molar-refractivity contribution in [3.05, 3.63) is 23.5 Å². The maximum Gasteiger partial charge on any atom is 0.311 e. The van der Waals surface area contributed by atoms with Crippen molar-refractivity contribution < 1.29 is 19.1 Å². The summed E-state index contributed by atoms with van der Waals surface area (Å²) in [5.74, 6) is 1.81. The number of Topliss-reactive ketones (excluding diaryl/α,β-unsaturated/α-hetero) is 1. The van der Waals surface area contributed by atoms with Gasteiger partial charge in [-0.3, -0.25) is 14.4 Å². The first kappa shape index (κ1) is 19.6. The second-order valence-electron chi connectivity index (χ2n) is 9.85. The van der Waals surface area contributed by atoms with Crippen LogP contribution in [0, 0.1) is 34.5 Å². The molecule has 3 saturated carbocycles. The van der Waals surface area contributed by atoms with Gasteiger partial charge in [0.2, 0.25) is 5.78 Å². The molecule has 4 aliphatic rings. The molecule has 4 rings (SSSR count). The highest BCUT2D eigenvalue weighted by Gasteiger charge is 2.59. The average Bonchev–Trinajstić information content (AvgIpc) is 3.00. The van der Waals surface area contributed by atoms with E-state index in [9.17, 15) is 14.4 Å². The summed E-state index contributed by atoms with van der Waals surface area (Å²) in [5, 5.41) is 0. The minimum absolute atomic E-state index is 0.121. The highest BCUT2D eigenvalue weighted by Crippen LogP contribution is 2.66. The number of esters is 1. The summed E-state index contributed by atoms with van der Waals surface area (Å²) < 4.78 is 5.39. The van der Waals surface area contributed by atoms with E-state index in [1.54, 1.807) is 19.9 Å². The zero-order valence-electron chi connectivity index (χ0n) is 17.5. The maximum atomic E-state index is 12.5. The molecule has 0 unspecified atom stereocenters. The van der Waals surface area contributed by atoms with Gasteiger partial charge >= 0.3 is 5.97 Å². The SMILES string of the molecule is CCC(=O)OC1=C[C@@]2(C)C(=CC1=O)CC[C@H]1[C@@H]3CC[C@H](C(C)=O)[C@@]3(C)CC[C@@H]12. The Hall–Kier alpha value is -1.71. The van der Waals surface area contributed by atoms with Crippen LogP contribution in [0.5, 0.6) is 0 Å². The fourth-order valence-electron chi connectivity index (χ4n) is 7.21. The molecule has 0 radical (unpaired) electrons. The Morgan fingerprint density at radius 1 is 1.14 bits per heavy atom. The molecule has 3 fully saturated rings. The first-order valence-electron chi connectivity index (χ1n) is 10.9. The predicted molar refractivity (Wildman–Crippen MR) is 106 cm³/mol. The third kappa shape index (κ3) is 2.74. The molecule has 0 aliphatic heterocycles. The zero-order valence-corrected chi connectivity index (χ0v) is 17.5. The third-order valence-electron chi connectivity index (χ3n) is 8.63. The molecule has 0 saturated heterocycles. The van der Waals surface area contributed by atoms with E-state index in [1.165, 1.54) is 5.57 Å². The van der Waals surface area contributed by atoms with Crippen molar-refractivity contribution in [2.75, 3.05) is 0 Å². The highest BCUT2D eigenvalue weighted by molar-refractivity contribution is 6.05. The second-order valence-corrected chi connectivity index (χ2v) is 9.85. The number of hydrogen-bond acceptors (Lipinski definition) is 4. The van der Waals surface area contributed by atoms with E-state index >= 15 is 0 Å². The van der Waals surface area contributed by atoms with Gasteiger partial charge in [-0.2, -0.15) is 0 Å². The molecule has 28 heavy (non-hydrogen) atoms. The minimum Gasteiger partial charge on any atom is -0.423 e. The van der Waals surface area contributed by atoms with Gasteiger partial charge in [-0.25, -0.2) is 0 Å². The lowest BCUT2D eigenvalue weighted by molar-refractivity contribution is -0.141. The van der Waals surface area contributed by atoms with Crippen LogP contribution < -0.4 is 0 Å². The van der Waals surface area contributed by atoms with E-state index < -0.39 is 0 Å². The van der Waals surface area contributed by atoms with Gasteiger partial charge in [-0.05, 0) is 80.8 Å². The Labute approximate surface area is 167 Å². The van der Waals surface area contributed by atoms with Gasteiger partial charge in [0, 0.05) is 17.8 Å². The molecule has 0 bridgehead atoms. The van der Waals surface area contributed by atoms with E-state index in [4.69, 9.17) is 4.74 Å². The Kier molecular flexibility index (Phi) is 4.67. The lowest BCUT2D eigenvalue weighted by Gasteiger charge is -2.57. The summed E-state index contributed by atoms with van der Waals surface area (Å²) in [6.07, 6.45) is 10.3. The van der Waals surface area contributed by atoms with Gasteiger partial charge in [0.1, 0.15) is 5.78 Å². The lowest BCUT2D eigenvalue weighted by atomic mass is 9.47. The summed E-state index contributed by atoms with van der Waals surface area (Å²) in [6.45, 7) is 8.07. The van der Waals surface area contributed by atoms with Crippen LogP contribution in [0.3, 0.4) is 0 Å². The van der Waals surface area contributed by atoms with Crippen LogP contribution >= 0.6 is 0 Å². The van der Waals surface area contributed by atoms with Crippen LogP contribution in [-0.2, 0) is 19.1 Å². The molecular formula is C24H32O4. The molecule has 6 atom stereocenters. The molecule has 4 aliphatic carbocycles. The van der Waals surface area contributed by atoms with Crippen molar-refractivity contribution in [1.82, 2.24) is 0 Å². The minimum atomic E-state index is -0.358. The Morgan fingerprint density at radius 3 is 2.57 bits per heavy atom. The molecule has 0 spiro atoms. The van der Waals surface area contributed by atoms with Crippen LogP contribution in [0.2, 0.25) is 0 Å². The number of ether oxygens (including phenoxy) is 1. The summed E-state index contributed by atoms with van der Waals surface area (Å²) in [4.78, 5) is 36.6. The highest BCUT2D eigenvalue weighted by atomic mass is 16.5. The Morgan fingerprint density at radius 2 is 1.89 bits per heavy atom. The molecule has 0 aromatic heterocycles. The van der Waals surface area contributed by atoms with Crippen LogP contribution in [0.4, 0.5) is 0 Å². The monoisotopic (exact) mass is 384 g/mol. The molecule has 0 N–H and O–H groups in total. The summed E-state index contributed by atoms with van der Waals surface area (Å²) in [6, 6.07) is 0. The number of rotatable bonds is 3. The standard InChI is InChI=1S/C24H32O4/c1-5-22(27)28-21-13-24(4)15(12-20(21)26)6-7-16-18-9-8-17(14(2)25)23(18,3)11-10-19(16)24/h12-13,16-19H,5-11H2,1-4H3/t16-,17+,18-,19-,23+,24-/m0/s1. The van der Waals surface area contributed by atoms with E-state index in [0.29, 0.717) is 23.5 Å². The zero-order chi connectivity index (χ0) is 20.3. The summed E-state index contributed by atoms with van der Waals surface area (Å²) in [7, 11) is 0. The number of carbonyl (C=O) groups is 3. The van der Waals surface area contributed by atoms with Crippen molar-refractivity contribution in [2.24, 2.45) is 34.5 Å². The lowest BCUT2D eigenvalue weighted by Crippen LogP contribution is -2.50. The number of allylic oxidation sites excluding steroid dienone is 3. The number of hydrogen-bond donors (Lipinski definition) is 0. The van der Waals surface area contributed by atoms with E-state index in [-0.39, 0.29) is 40.7 Å². The quantitative estimate of drug-likeness (QED) is 0.657. The fourth-order valence-corrected chi connectivity index (χ4v) is 7.21. The molecular weight excluding hydrogens is 352 g/mol. The molecule has 0 heterocycles. The van der Waals surface area contributed by atoms with Gasteiger partial charge in [0.15, 0.2) is 5.76 Å². The van der Waals surface area contributed by atoms with E-state index in [2.05, 4.69) is 13.8 Å². The van der Waals surface area contributed by atoms with E-state index in [0.717, 1.165) is 38.5 Å². The second kappa shape index (κ2) is 6.67. The number of ketones is 2. The molecule has 4 heteroatoms. The van der Waals surface area contributed by atoms with Crippen molar-refractivity contribution in [3.8, 4) is 0 Å². The van der Waals surface area contributed by atoms with E-state index in [1.807, 2.05) is 6.08 Å². The van der Waals surface area contributed by atoms with Gasteiger partial charge in [0.25, 0.3) is 0 Å². The summed E-state index contributed by atoms with van der Waals surface area (Å²) >= 11 is 0. The van der Waals surface area contributed by atoms with Crippen LogP contribution in [0.1, 0.15) is 72.6 Å².